The summed E-state index contributed by atoms with van der Waals surface area (Å²) < 4.78 is 1.20. The van der Waals surface area contributed by atoms with E-state index < -0.39 is 41.9 Å². The molecule has 0 fully saturated rings. The first kappa shape index (κ1) is 21.1. The van der Waals surface area contributed by atoms with E-state index in [9.17, 15) is 24.3 Å². The first-order chi connectivity index (χ1) is 13.2. The van der Waals surface area contributed by atoms with Gasteiger partial charge in [0.05, 0.1) is 17.2 Å². The highest BCUT2D eigenvalue weighted by atomic mass is 16.4. The first-order valence-corrected chi connectivity index (χ1v) is 8.91. The van der Waals surface area contributed by atoms with E-state index in [0.29, 0.717) is 10.9 Å². The second-order valence-corrected chi connectivity index (χ2v) is 6.95. The Morgan fingerprint density at radius 3 is 2.46 bits per heavy atom. The van der Waals surface area contributed by atoms with Crippen molar-refractivity contribution in [1.82, 2.24) is 14.9 Å². The van der Waals surface area contributed by atoms with Gasteiger partial charge < -0.3 is 15.5 Å². The molecule has 2 aromatic rings. The molecule has 1 amide bonds. The fraction of sp³-hybridized carbons (Fsp3) is 0.421. The number of benzene rings is 1. The number of hydrogen-bond acceptors (Lipinski definition) is 5. The van der Waals surface area contributed by atoms with Crippen molar-refractivity contribution in [2.24, 2.45) is 5.92 Å². The summed E-state index contributed by atoms with van der Waals surface area (Å²) in [4.78, 5) is 52.0. The molecule has 150 valence electrons. The predicted octanol–water partition coefficient (Wildman–Crippen LogP) is 1.42. The molecule has 0 radical (unpaired) electrons. The van der Waals surface area contributed by atoms with Crippen LogP contribution in [-0.4, -0.2) is 43.7 Å². The van der Waals surface area contributed by atoms with Crippen LogP contribution in [0.5, 0.6) is 0 Å². The quantitative estimate of drug-likeness (QED) is 0.589. The number of carboxylic acid groups (broad SMARTS) is 2. The second kappa shape index (κ2) is 9.12. The Hall–Kier alpha value is -3.23. The largest absolute Gasteiger partial charge is 0.481 e. The van der Waals surface area contributed by atoms with E-state index in [1.54, 1.807) is 24.3 Å². The number of para-hydroxylation sites is 1. The number of fused-ring (bicyclic) bond motifs is 1. The van der Waals surface area contributed by atoms with Crippen molar-refractivity contribution in [1.29, 1.82) is 0 Å². The Morgan fingerprint density at radius 2 is 1.86 bits per heavy atom. The molecule has 9 nitrogen and oxygen atoms in total. The molecule has 0 aliphatic heterocycles. The average Bonchev–Trinajstić information content (AvgIpc) is 2.63. The van der Waals surface area contributed by atoms with Crippen LogP contribution in [-0.2, 0) is 14.4 Å². The highest BCUT2D eigenvalue weighted by Crippen LogP contribution is 2.18. The van der Waals surface area contributed by atoms with Gasteiger partial charge in [-0.2, -0.15) is 0 Å². The lowest BCUT2D eigenvalue weighted by atomic mass is 10.0. The smallest absolute Gasteiger partial charge is 0.326 e. The molecule has 2 rings (SSSR count). The maximum absolute atomic E-state index is 12.8. The van der Waals surface area contributed by atoms with E-state index in [2.05, 4.69) is 10.3 Å². The number of carboxylic acids is 2. The third kappa shape index (κ3) is 5.15. The van der Waals surface area contributed by atoms with E-state index in [1.807, 2.05) is 13.8 Å². The third-order valence-electron chi connectivity index (χ3n) is 4.28. The topological polar surface area (TPSA) is 139 Å². The lowest BCUT2D eigenvalue weighted by Gasteiger charge is -2.23. The van der Waals surface area contributed by atoms with E-state index in [0.717, 1.165) is 0 Å². The lowest BCUT2D eigenvalue weighted by Crippen LogP contribution is -2.46. The van der Waals surface area contributed by atoms with Gasteiger partial charge in [-0.15, -0.1) is 0 Å². The molecule has 0 spiro atoms. The van der Waals surface area contributed by atoms with Crippen LogP contribution in [0.3, 0.4) is 0 Å². The minimum Gasteiger partial charge on any atom is -0.481 e. The normalized spacial score (nSPS) is 13.2. The maximum atomic E-state index is 12.8. The molecular weight excluding hydrogens is 366 g/mol. The van der Waals surface area contributed by atoms with Crippen LogP contribution in [0.25, 0.3) is 10.9 Å². The van der Waals surface area contributed by atoms with E-state index in [4.69, 9.17) is 5.11 Å². The van der Waals surface area contributed by atoms with Gasteiger partial charge in [0.1, 0.15) is 12.1 Å². The minimum absolute atomic E-state index is 0.0383. The van der Waals surface area contributed by atoms with E-state index in [1.165, 1.54) is 10.9 Å². The summed E-state index contributed by atoms with van der Waals surface area (Å²) in [5.74, 6) is -3.11. The van der Waals surface area contributed by atoms with Gasteiger partial charge in [0.2, 0.25) is 5.91 Å². The van der Waals surface area contributed by atoms with Gasteiger partial charge >= 0.3 is 11.9 Å². The lowest BCUT2D eigenvalue weighted by molar-refractivity contribution is -0.143. The number of nitrogens with zero attached hydrogens (tertiary/aromatic N) is 2. The fourth-order valence-corrected chi connectivity index (χ4v) is 2.89. The molecule has 0 unspecified atom stereocenters. The first-order valence-electron chi connectivity index (χ1n) is 8.91. The maximum Gasteiger partial charge on any atom is 0.326 e. The van der Waals surface area contributed by atoms with Gasteiger partial charge in [-0.3, -0.25) is 19.0 Å². The summed E-state index contributed by atoms with van der Waals surface area (Å²) in [6.07, 6.45) is 0.917. The Balaban J connectivity index is 2.36. The average molecular weight is 389 g/mol. The van der Waals surface area contributed by atoms with Crippen LogP contribution < -0.4 is 10.9 Å². The molecule has 0 aliphatic carbocycles. The predicted molar refractivity (Wildman–Crippen MR) is 101 cm³/mol. The fourth-order valence-electron chi connectivity index (χ4n) is 2.89. The summed E-state index contributed by atoms with van der Waals surface area (Å²) >= 11 is 0. The highest BCUT2D eigenvalue weighted by Gasteiger charge is 2.28. The summed E-state index contributed by atoms with van der Waals surface area (Å²) in [5, 5.41) is 20.8. The van der Waals surface area contributed by atoms with Crippen molar-refractivity contribution >= 4 is 28.7 Å². The number of amides is 1. The number of aliphatic carboxylic acids is 2. The molecule has 9 heteroatoms. The van der Waals surface area contributed by atoms with Crippen molar-refractivity contribution in [3.8, 4) is 0 Å². The monoisotopic (exact) mass is 389 g/mol. The molecule has 0 saturated heterocycles. The molecule has 0 bridgehead atoms. The molecular formula is C19H23N3O6. The number of carbonyl (C=O) groups is 3. The standard InChI is InChI=1S/C19H23N3O6/c1-11(2)9-15(17(25)21-14(19(27)28)7-8-16(23)24)22-10-20-13-6-4-3-5-12(13)18(22)26/h3-6,10-11,14-15H,7-9H2,1-2H3,(H,21,25)(H,23,24)(H,27,28)/t14-,15-/m0/s1. The summed E-state index contributed by atoms with van der Waals surface area (Å²) in [6.45, 7) is 3.75. The molecule has 2 atom stereocenters. The molecule has 1 aromatic carbocycles. The molecule has 3 N–H and O–H groups in total. The van der Waals surface area contributed by atoms with Gasteiger partial charge in [0, 0.05) is 6.42 Å². The van der Waals surface area contributed by atoms with Crippen molar-refractivity contribution in [2.75, 3.05) is 0 Å². The minimum atomic E-state index is -1.36. The van der Waals surface area contributed by atoms with Gasteiger partial charge in [-0.05, 0) is 30.9 Å². The zero-order chi connectivity index (χ0) is 20.8. The molecule has 1 heterocycles. The van der Waals surface area contributed by atoms with Gasteiger partial charge in [0.25, 0.3) is 5.56 Å². The van der Waals surface area contributed by atoms with Gasteiger partial charge in [0.15, 0.2) is 0 Å². The summed E-state index contributed by atoms with van der Waals surface area (Å²) in [6, 6.07) is 4.42. The zero-order valence-corrected chi connectivity index (χ0v) is 15.7. The SMILES string of the molecule is CC(C)C[C@@H](C(=O)N[C@@H](CCC(=O)O)C(=O)O)n1cnc2ccccc2c1=O. The van der Waals surface area contributed by atoms with E-state index >= 15 is 0 Å². The number of carbonyl (C=O) groups excluding carboxylic acids is 1. The van der Waals surface area contributed by atoms with Crippen molar-refractivity contribution in [2.45, 2.75) is 45.2 Å². The summed E-state index contributed by atoms with van der Waals surface area (Å²) in [7, 11) is 0. The van der Waals surface area contributed by atoms with Crippen LogP contribution in [0.15, 0.2) is 35.4 Å². The van der Waals surface area contributed by atoms with Gasteiger partial charge in [-0.1, -0.05) is 26.0 Å². The molecule has 0 saturated carbocycles. The van der Waals surface area contributed by atoms with Crippen LogP contribution in [0.4, 0.5) is 0 Å². The van der Waals surface area contributed by atoms with Crippen LogP contribution in [0.2, 0.25) is 0 Å². The zero-order valence-electron chi connectivity index (χ0n) is 15.7. The van der Waals surface area contributed by atoms with Crippen molar-refractivity contribution < 1.29 is 24.6 Å². The Labute approximate surface area is 161 Å². The van der Waals surface area contributed by atoms with E-state index in [-0.39, 0.29) is 18.8 Å². The van der Waals surface area contributed by atoms with Crippen LogP contribution in [0.1, 0.15) is 39.2 Å². The highest BCUT2D eigenvalue weighted by molar-refractivity contribution is 5.86. The Kier molecular flexibility index (Phi) is 6.86. The van der Waals surface area contributed by atoms with Crippen molar-refractivity contribution in [3.63, 3.8) is 0 Å². The van der Waals surface area contributed by atoms with Crippen LogP contribution >= 0.6 is 0 Å². The van der Waals surface area contributed by atoms with Crippen molar-refractivity contribution in [3.05, 3.63) is 40.9 Å². The van der Waals surface area contributed by atoms with Crippen LogP contribution in [0, 0.1) is 5.92 Å². The Bertz CT molecular complexity index is 937. The molecule has 28 heavy (non-hydrogen) atoms. The molecule has 1 aromatic heterocycles. The summed E-state index contributed by atoms with van der Waals surface area (Å²) in [5.41, 5.74) is 0.0983. The van der Waals surface area contributed by atoms with Gasteiger partial charge in [-0.25, -0.2) is 9.78 Å². The Morgan fingerprint density at radius 1 is 1.18 bits per heavy atom. The third-order valence-corrected chi connectivity index (χ3v) is 4.28. The number of hydrogen-bond donors (Lipinski definition) is 3. The second-order valence-electron chi connectivity index (χ2n) is 6.95. The molecule has 0 aliphatic rings. The number of rotatable bonds is 9. The number of nitrogens with one attached hydrogen (secondary N) is 1. The number of aromatic nitrogens is 2.